The van der Waals surface area contributed by atoms with Crippen molar-refractivity contribution < 1.29 is 19.2 Å². The molecule has 9 heteroatoms. The molecule has 0 spiro atoms. The lowest BCUT2D eigenvalue weighted by Crippen LogP contribution is -2.54. The first-order chi connectivity index (χ1) is 15.0. The molecule has 2 atom stereocenters. The molecule has 2 N–H and O–H groups in total. The second-order valence-electron chi connectivity index (χ2n) is 8.79. The van der Waals surface area contributed by atoms with E-state index in [4.69, 9.17) is 0 Å². The van der Waals surface area contributed by atoms with Crippen LogP contribution in [0.5, 0.6) is 0 Å². The van der Waals surface area contributed by atoms with Crippen molar-refractivity contribution in [2.75, 3.05) is 39.3 Å². The van der Waals surface area contributed by atoms with Crippen molar-refractivity contribution >= 4 is 23.6 Å². The first kappa shape index (κ1) is 20.3. The third-order valence-electron chi connectivity index (χ3n) is 6.83. The number of nitrogens with zero attached hydrogens (tertiary/aromatic N) is 3. The van der Waals surface area contributed by atoms with Crippen LogP contribution in [0, 0.1) is 0 Å². The average molecular weight is 425 g/mol. The van der Waals surface area contributed by atoms with Crippen molar-refractivity contribution in [2.24, 2.45) is 0 Å². The predicted octanol–water partition coefficient (Wildman–Crippen LogP) is -0.433. The second-order valence-corrected chi connectivity index (χ2v) is 8.79. The lowest BCUT2D eigenvalue weighted by atomic mass is 10.0. The zero-order valence-corrected chi connectivity index (χ0v) is 17.4. The molecule has 3 fully saturated rings. The van der Waals surface area contributed by atoms with Crippen molar-refractivity contribution in [3.05, 3.63) is 34.9 Å². The maximum absolute atomic E-state index is 13.0. The molecule has 2 unspecified atom stereocenters. The Bertz CT molecular complexity index is 942. The van der Waals surface area contributed by atoms with Gasteiger partial charge in [-0.1, -0.05) is 6.07 Å². The van der Waals surface area contributed by atoms with Crippen LogP contribution in [-0.2, 0) is 16.1 Å². The van der Waals surface area contributed by atoms with Gasteiger partial charge >= 0.3 is 0 Å². The highest BCUT2D eigenvalue weighted by Gasteiger charge is 2.44. The van der Waals surface area contributed by atoms with Crippen molar-refractivity contribution in [1.82, 2.24) is 25.3 Å². The summed E-state index contributed by atoms with van der Waals surface area (Å²) < 4.78 is 0. The molecular formula is C22H27N5O4. The maximum atomic E-state index is 13.0. The first-order valence-corrected chi connectivity index (χ1v) is 11.0. The number of fused-ring (bicyclic) bond motifs is 1. The number of amides is 4. The monoisotopic (exact) mass is 425 g/mol. The molecule has 9 nitrogen and oxygen atoms in total. The minimum atomic E-state index is -0.924. The fourth-order valence-electron chi connectivity index (χ4n) is 5.18. The van der Waals surface area contributed by atoms with E-state index in [2.05, 4.69) is 20.4 Å². The molecule has 0 saturated carbocycles. The van der Waals surface area contributed by atoms with Gasteiger partial charge in [0.25, 0.3) is 11.8 Å². The molecule has 5 rings (SSSR count). The van der Waals surface area contributed by atoms with E-state index < -0.39 is 23.8 Å². The highest BCUT2D eigenvalue weighted by molar-refractivity contribution is 6.23. The van der Waals surface area contributed by atoms with Crippen LogP contribution in [0.1, 0.15) is 45.5 Å². The molecule has 4 aliphatic heterocycles. The lowest BCUT2D eigenvalue weighted by molar-refractivity contribution is -0.136. The maximum Gasteiger partial charge on any atom is 0.262 e. The van der Waals surface area contributed by atoms with Gasteiger partial charge in [-0.05, 0) is 30.5 Å². The quantitative estimate of drug-likeness (QED) is 0.631. The molecule has 4 aliphatic rings. The summed E-state index contributed by atoms with van der Waals surface area (Å²) in [5.41, 5.74) is 1.68. The van der Waals surface area contributed by atoms with E-state index in [9.17, 15) is 19.2 Å². The van der Waals surface area contributed by atoms with Gasteiger partial charge in [0, 0.05) is 58.3 Å². The van der Waals surface area contributed by atoms with Gasteiger partial charge < -0.3 is 5.32 Å². The summed E-state index contributed by atoms with van der Waals surface area (Å²) in [6, 6.07) is 5.03. The lowest BCUT2D eigenvalue weighted by Gasteiger charge is -2.32. The van der Waals surface area contributed by atoms with Crippen LogP contribution in [0.25, 0.3) is 0 Å². The highest BCUT2D eigenvalue weighted by Crippen LogP contribution is 2.29. The zero-order valence-electron chi connectivity index (χ0n) is 17.4. The summed E-state index contributed by atoms with van der Waals surface area (Å²) in [4.78, 5) is 55.4. The molecule has 164 valence electrons. The number of hydrogen-bond donors (Lipinski definition) is 2. The SMILES string of the molecule is O=C1CCC(N2C(=O)c3ccc(CN4CCC(N5CCNCC5)C4)cc3C2=O)C(=O)N1. The molecule has 0 aromatic heterocycles. The Kier molecular flexibility index (Phi) is 5.33. The van der Waals surface area contributed by atoms with Crippen molar-refractivity contribution in [2.45, 2.75) is 37.9 Å². The number of likely N-dealkylation sites (tertiary alicyclic amines) is 1. The number of carbonyl (C=O) groups excluding carboxylic acids is 4. The number of benzene rings is 1. The van der Waals surface area contributed by atoms with E-state index in [1.807, 2.05) is 6.07 Å². The molecule has 1 aromatic rings. The zero-order chi connectivity index (χ0) is 21.5. The number of carbonyl (C=O) groups is 4. The largest absolute Gasteiger partial charge is 0.314 e. The standard InChI is InChI=1S/C22H27N5O4/c28-19-4-3-18(20(29)24-19)27-21(30)16-2-1-14(11-17(16)22(27)31)12-25-8-5-15(13-25)26-9-6-23-7-10-26/h1-2,11,15,18,23H,3-10,12-13H2,(H,24,28,29). The third-order valence-corrected chi connectivity index (χ3v) is 6.83. The second kappa shape index (κ2) is 8.14. The average Bonchev–Trinajstić information content (AvgIpc) is 3.33. The van der Waals surface area contributed by atoms with Crippen LogP contribution in [-0.4, -0.2) is 89.7 Å². The van der Waals surface area contributed by atoms with Crippen molar-refractivity contribution in [1.29, 1.82) is 0 Å². The van der Waals surface area contributed by atoms with Gasteiger partial charge in [0.2, 0.25) is 11.8 Å². The Morgan fingerprint density at radius 1 is 0.935 bits per heavy atom. The smallest absolute Gasteiger partial charge is 0.262 e. The minimum Gasteiger partial charge on any atom is -0.314 e. The summed E-state index contributed by atoms with van der Waals surface area (Å²) in [5.74, 6) is -1.86. The van der Waals surface area contributed by atoms with Crippen LogP contribution < -0.4 is 10.6 Å². The summed E-state index contributed by atoms with van der Waals surface area (Å²) in [6.07, 6.45) is 1.44. The van der Waals surface area contributed by atoms with Crippen LogP contribution in [0.2, 0.25) is 0 Å². The fraction of sp³-hybridized carbons (Fsp3) is 0.545. The topological polar surface area (TPSA) is 102 Å². The van der Waals surface area contributed by atoms with E-state index >= 15 is 0 Å². The molecular weight excluding hydrogens is 398 g/mol. The number of imide groups is 2. The fourth-order valence-corrected chi connectivity index (χ4v) is 5.18. The Morgan fingerprint density at radius 3 is 2.48 bits per heavy atom. The number of rotatable bonds is 4. The molecule has 1 aromatic carbocycles. The van der Waals surface area contributed by atoms with Crippen LogP contribution >= 0.6 is 0 Å². The van der Waals surface area contributed by atoms with Gasteiger partial charge in [0.15, 0.2) is 0 Å². The van der Waals surface area contributed by atoms with Gasteiger partial charge in [-0.25, -0.2) is 0 Å². The van der Waals surface area contributed by atoms with E-state index in [-0.39, 0.29) is 18.7 Å². The number of hydrogen-bond acceptors (Lipinski definition) is 7. The predicted molar refractivity (Wildman–Crippen MR) is 111 cm³/mol. The van der Waals surface area contributed by atoms with Gasteiger partial charge in [-0.2, -0.15) is 0 Å². The molecule has 3 saturated heterocycles. The van der Waals surface area contributed by atoms with E-state index in [1.165, 1.54) is 0 Å². The minimum absolute atomic E-state index is 0.123. The molecule has 4 amide bonds. The first-order valence-electron chi connectivity index (χ1n) is 11.0. The van der Waals surface area contributed by atoms with E-state index in [1.54, 1.807) is 12.1 Å². The Labute approximate surface area is 180 Å². The van der Waals surface area contributed by atoms with Crippen LogP contribution in [0.4, 0.5) is 0 Å². The number of piperazine rings is 1. The normalized spacial score (nSPS) is 27.7. The molecule has 31 heavy (non-hydrogen) atoms. The van der Waals surface area contributed by atoms with Gasteiger partial charge in [-0.3, -0.25) is 39.2 Å². The third kappa shape index (κ3) is 3.77. The number of piperidine rings is 1. The number of nitrogens with one attached hydrogen (secondary N) is 2. The molecule has 4 heterocycles. The Morgan fingerprint density at radius 2 is 1.71 bits per heavy atom. The van der Waals surface area contributed by atoms with E-state index in [0.29, 0.717) is 17.2 Å². The van der Waals surface area contributed by atoms with Gasteiger partial charge in [0.05, 0.1) is 11.1 Å². The summed E-state index contributed by atoms with van der Waals surface area (Å²) in [6.45, 7) is 7.01. The van der Waals surface area contributed by atoms with Crippen LogP contribution in [0.15, 0.2) is 18.2 Å². The molecule has 0 aliphatic carbocycles. The van der Waals surface area contributed by atoms with Crippen molar-refractivity contribution in [3.8, 4) is 0 Å². The summed E-state index contributed by atoms with van der Waals surface area (Å²) >= 11 is 0. The van der Waals surface area contributed by atoms with Crippen LogP contribution in [0.3, 0.4) is 0 Å². The molecule has 0 bridgehead atoms. The Balaban J connectivity index is 1.27. The molecule has 0 radical (unpaired) electrons. The summed E-state index contributed by atoms with van der Waals surface area (Å²) in [7, 11) is 0. The summed E-state index contributed by atoms with van der Waals surface area (Å²) in [5, 5.41) is 5.62. The van der Waals surface area contributed by atoms with Gasteiger partial charge in [0.1, 0.15) is 6.04 Å². The van der Waals surface area contributed by atoms with Crippen molar-refractivity contribution in [3.63, 3.8) is 0 Å². The van der Waals surface area contributed by atoms with Gasteiger partial charge in [-0.15, -0.1) is 0 Å². The van der Waals surface area contributed by atoms with E-state index in [0.717, 1.165) is 62.7 Å². The highest BCUT2D eigenvalue weighted by atomic mass is 16.2. The Hall–Kier alpha value is -2.62.